The Morgan fingerprint density at radius 3 is 2.14 bits per heavy atom. The minimum absolute atomic E-state index is 0.946. The first-order chi connectivity index (χ1) is 18.3. The van der Waals surface area contributed by atoms with Gasteiger partial charge in [-0.2, -0.15) is 0 Å². The number of para-hydroxylation sites is 4. The van der Waals surface area contributed by atoms with Crippen LogP contribution in [0.3, 0.4) is 0 Å². The number of fused-ring (bicyclic) bond motifs is 5. The number of benzene rings is 5. The van der Waals surface area contributed by atoms with Crippen LogP contribution in [0.1, 0.15) is 0 Å². The first-order valence-electron chi connectivity index (χ1n) is 12.4. The van der Waals surface area contributed by atoms with Gasteiger partial charge in [0.1, 0.15) is 5.82 Å². The Morgan fingerprint density at radius 1 is 0.541 bits per heavy atom. The summed E-state index contributed by atoms with van der Waals surface area (Å²) in [4.78, 5) is 5.04. The van der Waals surface area contributed by atoms with E-state index in [1.54, 1.807) is 11.3 Å². The largest absolute Gasteiger partial charge is 0.309 e. The van der Waals surface area contributed by atoms with Gasteiger partial charge in [0.15, 0.2) is 0 Å². The Hall–Kier alpha value is -4.67. The van der Waals surface area contributed by atoms with Crippen LogP contribution in [-0.4, -0.2) is 14.1 Å². The average molecular weight is 492 g/mol. The molecule has 0 amide bonds. The van der Waals surface area contributed by atoms with Crippen LogP contribution in [0.25, 0.3) is 65.7 Å². The van der Waals surface area contributed by atoms with Crippen molar-refractivity contribution in [2.45, 2.75) is 0 Å². The standard InChI is InChI=1S/C33H21N3S/c1-2-8-24(9-3-1)36-30-13-7-5-11-28(30)34-33(36)22-14-16-25(17-15-22)35-29-12-6-4-10-26(29)27-21-32-23(18-19-37-32)20-31(27)35/h1-21H. The molecule has 0 atom stereocenters. The minimum atomic E-state index is 0.946. The summed E-state index contributed by atoms with van der Waals surface area (Å²) in [6, 6.07) is 43.2. The average Bonchev–Trinajstić information content (AvgIpc) is 3.66. The van der Waals surface area contributed by atoms with E-state index >= 15 is 0 Å². The van der Waals surface area contributed by atoms with E-state index in [1.807, 2.05) is 12.1 Å². The van der Waals surface area contributed by atoms with Crippen LogP contribution in [-0.2, 0) is 0 Å². The Morgan fingerprint density at radius 2 is 1.27 bits per heavy atom. The maximum absolute atomic E-state index is 5.04. The number of hydrogen-bond acceptors (Lipinski definition) is 2. The molecule has 3 heterocycles. The maximum atomic E-state index is 5.04. The first-order valence-corrected chi connectivity index (χ1v) is 13.3. The minimum Gasteiger partial charge on any atom is -0.309 e. The fraction of sp³-hybridized carbons (Fsp3) is 0. The molecular formula is C33H21N3S. The molecule has 3 nitrogen and oxygen atoms in total. The van der Waals surface area contributed by atoms with Gasteiger partial charge in [0.25, 0.3) is 0 Å². The molecule has 0 unspecified atom stereocenters. The molecule has 37 heavy (non-hydrogen) atoms. The van der Waals surface area contributed by atoms with E-state index in [0.29, 0.717) is 0 Å². The lowest BCUT2D eigenvalue weighted by atomic mass is 10.1. The van der Waals surface area contributed by atoms with E-state index in [4.69, 9.17) is 4.98 Å². The van der Waals surface area contributed by atoms with Gasteiger partial charge in [0.05, 0.1) is 22.1 Å². The summed E-state index contributed by atoms with van der Waals surface area (Å²) < 4.78 is 5.95. The summed E-state index contributed by atoms with van der Waals surface area (Å²) >= 11 is 1.80. The molecular weight excluding hydrogens is 470 g/mol. The summed E-state index contributed by atoms with van der Waals surface area (Å²) in [5.41, 5.74) is 7.90. The molecule has 0 aliphatic heterocycles. The van der Waals surface area contributed by atoms with E-state index in [9.17, 15) is 0 Å². The van der Waals surface area contributed by atoms with E-state index in [1.165, 1.54) is 31.9 Å². The summed E-state index contributed by atoms with van der Waals surface area (Å²) in [5.74, 6) is 0.946. The second-order valence-corrected chi connectivity index (χ2v) is 10.3. The predicted molar refractivity (Wildman–Crippen MR) is 156 cm³/mol. The highest BCUT2D eigenvalue weighted by atomic mass is 32.1. The zero-order valence-electron chi connectivity index (χ0n) is 19.9. The van der Waals surface area contributed by atoms with Gasteiger partial charge in [-0.15, -0.1) is 11.3 Å². The number of thiophene rings is 1. The van der Waals surface area contributed by atoms with E-state index < -0.39 is 0 Å². The SMILES string of the molecule is c1ccc(-n2c(-c3ccc(-n4c5ccccc5c5cc6sccc6cc54)cc3)nc3ccccc32)cc1. The zero-order chi connectivity index (χ0) is 24.3. The van der Waals surface area contributed by atoms with E-state index in [-0.39, 0.29) is 0 Å². The molecule has 8 rings (SSSR count). The number of imidazole rings is 1. The van der Waals surface area contributed by atoms with Crippen molar-refractivity contribution in [1.82, 2.24) is 14.1 Å². The molecule has 174 valence electrons. The molecule has 0 saturated carbocycles. The molecule has 0 N–H and O–H groups in total. The summed E-state index contributed by atoms with van der Waals surface area (Å²) in [6.45, 7) is 0. The van der Waals surface area contributed by atoms with Gasteiger partial charge < -0.3 is 4.57 Å². The second kappa shape index (κ2) is 7.92. The van der Waals surface area contributed by atoms with Crippen molar-refractivity contribution in [3.05, 3.63) is 127 Å². The quantitative estimate of drug-likeness (QED) is 0.242. The number of rotatable bonds is 3. The fourth-order valence-electron chi connectivity index (χ4n) is 5.52. The lowest BCUT2D eigenvalue weighted by molar-refractivity contribution is 1.10. The van der Waals surface area contributed by atoms with Gasteiger partial charge in [-0.05, 0) is 83.6 Å². The lowest BCUT2D eigenvalue weighted by Gasteiger charge is -2.11. The van der Waals surface area contributed by atoms with Crippen molar-refractivity contribution in [2.24, 2.45) is 0 Å². The van der Waals surface area contributed by atoms with Gasteiger partial charge in [-0.1, -0.05) is 48.5 Å². The second-order valence-electron chi connectivity index (χ2n) is 9.32. The summed E-state index contributed by atoms with van der Waals surface area (Å²) in [7, 11) is 0. The third-order valence-electron chi connectivity index (χ3n) is 7.21. The topological polar surface area (TPSA) is 22.8 Å². The molecule has 0 aliphatic carbocycles. The van der Waals surface area contributed by atoms with Crippen molar-refractivity contribution in [1.29, 1.82) is 0 Å². The highest BCUT2D eigenvalue weighted by Crippen LogP contribution is 2.37. The van der Waals surface area contributed by atoms with Crippen LogP contribution in [0, 0.1) is 0 Å². The van der Waals surface area contributed by atoms with Crippen LogP contribution < -0.4 is 0 Å². The molecule has 3 aromatic heterocycles. The molecule has 0 spiro atoms. The molecule has 0 bridgehead atoms. The van der Waals surface area contributed by atoms with Gasteiger partial charge >= 0.3 is 0 Å². The van der Waals surface area contributed by atoms with Crippen LogP contribution in [0.4, 0.5) is 0 Å². The Balaban J connectivity index is 1.33. The summed E-state index contributed by atoms with van der Waals surface area (Å²) in [5, 5.41) is 6.03. The Kier molecular flexibility index (Phi) is 4.39. The molecule has 0 radical (unpaired) electrons. The Bertz CT molecular complexity index is 2080. The van der Waals surface area contributed by atoms with E-state index in [0.717, 1.165) is 33.8 Å². The molecule has 5 aromatic carbocycles. The van der Waals surface area contributed by atoms with Crippen molar-refractivity contribution >= 4 is 54.3 Å². The molecule has 0 fully saturated rings. The Labute approximate surface area is 217 Å². The lowest BCUT2D eigenvalue weighted by Crippen LogP contribution is -1.98. The van der Waals surface area contributed by atoms with Crippen LogP contribution in [0.15, 0.2) is 127 Å². The van der Waals surface area contributed by atoms with Crippen LogP contribution >= 0.6 is 11.3 Å². The van der Waals surface area contributed by atoms with Crippen LogP contribution in [0.5, 0.6) is 0 Å². The number of nitrogens with zero attached hydrogens (tertiary/aromatic N) is 3. The first kappa shape index (κ1) is 20.5. The van der Waals surface area contributed by atoms with Gasteiger partial charge in [0.2, 0.25) is 0 Å². The van der Waals surface area contributed by atoms with E-state index in [2.05, 4.69) is 124 Å². The third kappa shape index (κ3) is 3.09. The highest BCUT2D eigenvalue weighted by Gasteiger charge is 2.16. The van der Waals surface area contributed by atoms with Gasteiger partial charge in [-0.25, -0.2) is 4.98 Å². The van der Waals surface area contributed by atoms with Crippen molar-refractivity contribution in [3.8, 4) is 22.8 Å². The van der Waals surface area contributed by atoms with Gasteiger partial charge in [-0.3, -0.25) is 4.57 Å². The maximum Gasteiger partial charge on any atom is 0.145 e. The van der Waals surface area contributed by atoms with Crippen molar-refractivity contribution in [3.63, 3.8) is 0 Å². The van der Waals surface area contributed by atoms with Crippen LogP contribution in [0.2, 0.25) is 0 Å². The summed E-state index contributed by atoms with van der Waals surface area (Å²) in [6.07, 6.45) is 0. The normalized spacial score (nSPS) is 11.8. The molecule has 8 aromatic rings. The number of hydrogen-bond donors (Lipinski definition) is 0. The highest BCUT2D eigenvalue weighted by molar-refractivity contribution is 7.17. The number of aromatic nitrogens is 3. The van der Waals surface area contributed by atoms with Crippen molar-refractivity contribution in [2.75, 3.05) is 0 Å². The third-order valence-corrected chi connectivity index (χ3v) is 8.09. The predicted octanol–water partition coefficient (Wildman–Crippen LogP) is 9.00. The molecule has 0 saturated heterocycles. The molecule has 4 heteroatoms. The monoisotopic (exact) mass is 491 g/mol. The zero-order valence-corrected chi connectivity index (χ0v) is 20.7. The fourth-order valence-corrected chi connectivity index (χ4v) is 6.33. The molecule has 0 aliphatic rings. The van der Waals surface area contributed by atoms with Crippen molar-refractivity contribution < 1.29 is 0 Å². The smallest absolute Gasteiger partial charge is 0.145 e. The van der Waals surface area contributed by atoms with Gasteiger partial charge in [0, 0.05) is 32.4 Å².